The number of nitrogens with zero attached hydrogens (tertiary/aromatic N) is 1. The van der Waals surface area contributed by atoms with Crippen molar-refractivity contribution in [2.24, 2.45) is 5.92 Å². The highest BCUT2D eigenvalue weighted by atomic mass is 16.6. The topological polar surface area (TPSA) is 29.5 Å². The molecule has 1 aliphatic rings. The molecule has 1 aliphatic heterocycles. The molecule has 0 aromatic heterocycles. The van der Waals surface area contributed by atoms with E-state index in [-0.39, 0.29) is 5.97 Å². The molecule has 0 spiro atoms. The molecular formula is C15H21NO2. The van der Waals surface area contributed by atoms with Crippen LogP contribution in [0.5, 0.6) is 0 Å². The second-order valence-corrected chi connectivity index (χ2v) is 5.18. The van der Waals surface area contributed by atoms with E-state index in [0.29, 0.717) is 12.3 Å². The number of likely N-dealkylation sites (tertiary alicyclic amines) is 1. The molecule has 1 aromatic rings. The molecule has 3 nitrogen and oxygen atoms in total. The van der Waals surface area contributed by atoms with Crippen LogP contribution in [0.25, 0.3) is 0 Å². The average Bonchev–Trinajstić information content (AvgIpc) is 2.66. The Morgan fingerprint density at radius 1 is 1.44 bits per heavy atom. The van der Waals surface area contributed by atoms with Gasteiger partial charge in [-0.15, -0.1) is 0 Å². The van der Waals surface area contributed by atoms with E-state index in [1.54, 1.807) is 0 Å². The van der Waals surface area contributed by atoms with Crippen molar-refractivity contribution in [1.29, 1.82) is 0 Å². The Labute approximate surface area is 109 Å². The fourth-order valence-corrected chi connectivity index (χ4v) is 2.80. The summed E-state index contributed by atoms with van der Waals surface area (Å²) in [5.74, 6) is 0.182. The van der Waals surface area contributed by atoms with Gasteiger partial charge in [-0.3, -0.25) is 4.79 Å². The molecule has 1 heterocycles. The molecule has 0 amide bonds. The number of esters is 1. The van der Waals surface area contributed by atoms with Crippen molar-refractivity contribution in [2.75, 3.05) is 20.1 Å². The van der Waals surface area contributed by atoms with Crippen LogP contribution in [0, 0.1) is 5.92 Å². The van der Waals surface area contributed by atoms with Crippen molar-refractivity contribution in [2.45, 2.75) is 25.9 Å². The van der Waals surface area contributed by atoms with Crippen LogP contribution in [0.3, 0.4) is 0 Å². The van der Waals surface area contributed by atoms with Gasteiger partial charge in [-0.1, -0.05) is 44.2 Å². The van der Waals surface area contributed by atoms with E-state index in [4.69, 9.17) is 4.74 Å². The van der Waals surface area contributed by atoms with E-state index in [2.05, 4.69) is 31.0 Å². The third-order valence-electron chi connectivity index (χ3n) is 3.73. The van der Waals surface area contributed by atoms with Crippen LogP contribution in [0.4, 0.5) is 0 Å². The minimum absolute atomic E-state index is 0.124. The number of hydrogen-bond donors (Lipinski definition) is 0. The third kappa shape index (κ3) is 2.27. The van der Waals surface area contributed by atoms with E-state index in [0.717, 1.165) is 18.7 Å². The predicted octanol–water partition coefficient (Wildman–Crippen LogP) is 2.42. The molecule has 1 fully saturated rings. The van der Waals surface area contributed by atoms with Crippen LogP contribution >= 0.6 is 0 Å². The summed E-state index contributed by atoms with van der Waals surface area (Å²) in [5, 5.41) is 0. The summed E-state index contributed by atoms with van der Waals surface area (Å²) in [6, 6.07) is 10.1. The molecule has 0 N–H and O–H groups in total. The third-order valence-corrected chi connectivity index (χ3v) is 3.73. The molecule has 0 unspecified atom stereocenters. The van der Waals surface area contributed by atoms with Crippen molar-refractivity contribution < 1.29 is 9.53 Å². The monoisotopic (exact) mass is 247 g/mol. The lowest BCUT2D eigenvalue weighted by atomic mass is 9.85. The zero-order valence-corrected chi connectivity index (χ0v) is 11.3. The normalized spacial score (nSPS) is 28.3. The number of rotatable bonds is 3. The second kappa shape index (κ2) is 5.11. The first-order valence-electron chi connectivity index (χ1n) is 6.54. The van der Waals surface area contributed by atoms with Crippen molar-refractivity contribution in [3.63, 3.8) is 0 Å². The van der Waals surface area contributed by atoms with Gasteiger partial charge < -0.3 is 9.64 Å². The molecule has 0 aliphatic carbocycles. The maximum atomic E-state index is 11.8. The minimum Gasteiger partial charge on any atom is -0.452 e. The minimum atomic E-state index is -0.483. The van der Waals surface area contributed by atoms with Crippen LogP contribution in [-0.2, 0) is 15.1 Å². The smallest absolute Gasteiger partial charge is 0.306 e. The summed E-state index contributed by atoms with van der Waals surface area (Å²) in [4.78, 5) is 14.0. The quantitative estimate of drug-likeness (QED) is 0.768. The summed E-state index contributed by atoms with van der Waals surface area (Å²) in [7, 11) is 2.07. The Kier molecular flexibility index (Phi) is 3.71. The Balaban J connectivity index is 2.37. The van der Waals surface area contributed by atoms with E-state index in [1.807, 2.05) is 25.1 Å². The van der Waals surface area contributed by atoms with Crippen LogP contribution in [0.2, 0.25) is 0 Å². The molecule has 3 heteroatoms. The molecule has 1 aromatic carbocycles. The lowest BCUT2D eigenvalue weighted by molar-refractivity contribution is -0.163. The Morgan fingerprint density at radius 3 is 2.61 bits per heavy atom. The van der Waals surface area contributed by atoms with Crippen LogP contribution in [0.1, 0.15) is 25.8 Å². The highest BCUT2D eigenvalue weighted by molar-refractivity contribution is 5.69. The number of carbonyl (C=O) groups is 1. The summed E-state index contributed by atoms with van der Waals surface area (Å²) >= 11 is 0. The first-order valence-corrected chi connectivity index (χ1v) is 6.54. The summed E-state index contributed by atoms with van der Waals surface area (Å²) in [5.41, 5.74) is 0.618. The fourth-order valence-electron chi connectivity index (χ4n) is 2.80. The SMILES string of the molecule is CCC(=O)O[C@]1(c2ccccc2)CN(C)C[C@@H]1C. The molecule has 0 saturated carbocycles. The molecule has 98 valence electrons. The zero-order valence-electron chi connectivity index (χ0n) is 11.3. The molecule has 0 bridgehead atoms. The Hall–Kier alpha value is -1.35. The van der Waals surface area contributed by atoms with Crippen molar-refractivity contribution in [1.82, 2.24) is 4.90 Å². The number of likely N-dealkylation sites (N-methyl/N-ethyl adjacent to an activating group) is 1. The molecule has 2 atom stereocenters. The molecule has 18 heavy (non-hydrogen) atoms. The number of carbonyl (C=O) groups excluding carboxylic acids is 1. The van der Waals surface area contributed by atoms with Crippen LogP contribution in [-0.4, -0.2) is 31.0 Å². The lowest BCUT2D eigenvalue weighted by Crippen LogP contribution is -2.39. The van der Waals surface area contributed by atoms with Crippen molar-refractivity contribution in [3.05, 3.63) is 35.9 Å². The van der Waals surface area contributed by atoms with Crippen molar-refractivity contribution >= 4 is 5.97 Å². The van der Waals surface area contributed by atoms with Gasteiger partial charge >= 0.3 is 5.97 Å². The largest absolute Gasteiger partial charge is 0.452 e. The van der Waals surface area contributed by atoms with Gasteiger partial charge in [0, 0.05) is 25.4 Å². The van der Waals surface area contributed by atoms with Gasteiger partial charge in [0.1, 0.15) is 0 Å². The summed E-state index contributed by atoms with van der Waals surface area (Å²) in [6.45, 7) is 5.71. The van der Waals surface area contributed by atoms with Crippen LogP contribution in [0.15, 0.2) is 30.3 Å². The highest BCUT2D eigenvalue weighted by Crippen LogP contribution is 2.40. The number of ether oxygens (including phenoxy) is 1. The summed E-state index contributed by atoms with van der Waals surface area (Å²) in [6.07, 6.45) is 0.422. The van der Waals surface area contributed by atoms with Gasteiger partial charge in [-0.2, -0.15) is 0 Å². The van der Waals surface area contributed by atoms with E-state index < -0.39 is 5.60 Å². The number of benzene rings is 1. The second-order valence-electron chi connectivity index (χ2n) is 5.18. The Morgan fingerprint density at radius 2 is 2.11 bits per heavy atom. The van der Waals surface area contributed by atoms with Crippen molar-refractivity contribution in [3.8, 4) is 0 Å². The molecular weight excluding hydrogens is 226 g/mol. The van der Waals surface area contributed by atoms with Gasteiger partial charge in [0.25, 0.3) is 0 Å². The van der Waals surface area contributed by atoms with Gasteiger partial charge in [0.05, 0.1) is 0 Å². The first-order chi connectivity index (χ1) is 8.58. The van der Waals surface area contributed by atoms with Gasteiger partial charge in [0.2, 0.25) is 0 Å². The fraction of sp³-hybridized carbons (Fsp3) is 0.533. The van der Waals surface area contributed by atoms with E-state index in [9.17, 15) is 4.79 Å². The first kappa shape index (κ1) is 13.1. The average molecular weight is 247 g/mol. The maximum Gasteiger partial charge on any atom is 0.306 e. The zero-order chi connectivity index (χ0) is 13.2. The summed E-state index contributed by atoms with van der Waals surface area (Å²) < 4.78 is 5.84. The van der Waals surface area contributed by atoms with E-state index in [1.165, 1.54) is 0 Å². The standard InChI is InChI=1S/C15H21NO2/c1-4-14(17)18-15(11-16(3)10-12(15)2)13-8-6-5-7-9-13/h5-9,12H,4,10-11H2,1-3H3/t12-,15+/m0/s1. The maximum absolute atomic E-state index is 11.8. The van der Waals surface area contributed by atoms with Gasteiger partial charge in [-0.05, 0) is 12.6 Å². The Bertz CT molecular complexity index is 418. The van der Waals surface area contributed by atoms with Crippen LogP contribution < -0.4 is 0 Å². The van der Waals surface area contributed by atoms with Gasteiger partial charge in [0.15, 0.2) is 5.60 Å². The molecule has 2 rings (SSSR count). The lowest BCUT2D eigenvalue weighted by Gasteiger charge is -2.33. The molecule has 0 radical (unpaired) electrons. The molecule has 1 saturated heterocycles. The highest BCUT2D eigenvalue weighted by Gasteiger charge is 2.47. The van der Waals surface area contributed by atoms with E-state index >= 15 is 0 Å². The predicted molar refractivity (Wildman–Crippen MR) is 71.2 cm³/mol. The van der Waals surface area contributed by atoms with Gasteiger partial charge in [-0.25, -0.2) is 0 Å². The number of hydrogen-bond acceptors (Lipinski definition) is 3.